The second kappa shape index (κ2) is 7.80. The Morgan fingerprint density at radius 3 is 2.59 bits per heavy atom. The lowest BCUT2D eigenvalue weighted by molar-refractivity contribution is -0.139. The van der Waals surface area contributed by atoms with Crippen LogP contribution >= 0.6 is 0 Å². The zero-order valence-electron chi connectivity index (χ0n) is 12.5. The molecular weight excluding hydrogens is 274 g/mol. The molecule has 0 saturated heterocycles. The van der Waals surface area contributed by atoms with E-state index in [4.69, 9.17) is 10.00 Å². The zero-order valence-corrected chi connectivity index (χ0v) is 12.5. The average molecular weight is 291 g/mol. The topological polar surface area (TPSA) is 50.1 Å². The average Bonchev–Trinajstić information content (AvgIpc) is 2.58. The fraction of sp³-hybridized carbons (Fsp3) is 0.158. The van der Waals surface area contributed by atoms with Crippen LogP contribution in [-0.4, -0.2) is 5.97 Å². The molecule has 0 heterocycles. The molecule has 0 atom stereocenters. The first-order valence-corrected chi connectivity index (χ1v) is 7.16. The summed E-state index contributed by atoms with van der Waals surface area (Å²) >= 11 is 0. The molecule has 0 aliphatic rings. The van der Waals surface area contributed by atoms with E-state index in [9.17, 15) is 4.79 Å². The molecule has 2 aromatic rings. The first kappa shape index (κ1) is 15.5. The van der Waals surface area contributed by atoms with Crippen molar-refractivity contribution in [3.63, 3.8) is 0 Å². The van der Waals surface area contributed by atoms with Crippen LogP contribution in [0.2, 0.25) is 0 Å². The van der Waals surface area contributed by atoms with Crippen molar-refractivity contribution in [1.82, 2.24) is 0 Å². The third-order valence-electron chi connectivity index (χ3n) is 3.18. The first-order chi connectivity index (χ1) is 10.7. The number of benzene rings is 2. The Bertz CT molecular complexity index is 709. The number of hydrogen-bond donors (Lipinski definition) is 0. The Morgan fingerprint density at radius 1 is 1.18 bits per heavy atom. The Kier molecular flexibility index (Phi) is 5.50. The third kappa shape index (κ3) is 4.07. The highest BCUT2D eigenvalue weighted by Gasteiger charge is 2.04. The normalized spacial score (nSPS) is 10.4. The highest BCUT2D eigenvalue weighted by Crippen LogP contribution is 2.23. The third-order valence-corrected chi connectivity index (χ3v) is 3.18. The quantitative estimate of drug-likeness (QED) is 0.611. The number of ether oxygens (including phenoxy) is 1. The van der Waals surface area contributed by atoms with E-state index in [1.165, 1.54) is 6.08 Å². The lowest BCUT2D eigenvalue weighted by Gasteiger charge is -2.06. The molecule has 3 heteroatoms. The monoisotopic (exact) mass is 291 g/mol. The summed E-state index contributed by atoms with van der Waals surface area (Å²) in [5.74, 6) is -0.333. The van der Waals surface area contributed by atoms with Gasteiger partial charge in [0.05, 0.1) is 11.6 Å². The van der Waals surface area contributed by atoms with Gasteiger partial charge in [0.15, 0.2) is 0 Å². The van der Waals surface area contributed by atoms with Gasteiger partial charge in [-0.2, -0.15) is 5.26 Å². The Labute approximate surface area is 130 Å². The molecule has 110 valence electrons. The van der Waals surface area contributed by atoms with E-state index in [2.05, 4.69) is 6.07 Å². The SMILES string of the molecule is CC/C=C/C(=O)OCc1ccc(-c2ccccc2C#N)cc1. The Hall–Kier alpha value is -2.86. The van der Waals surface area contributed by atoms with Crippen LogP contribution < -0.4 is 0 Å². The van der Waals surface area contributed by atoms with Gasteiger partial charge in [0.1, 0.15) is 6.61 Å². The smallest absolute Gasteiger partial charge is 0.330 e. The van der Waals surface area contributed by atoms with Crippen LogP contribution in [0.25, 0.3) is 11.1 Å². The molecule has 0 amide bonds. The number of carbonyl (C=O) groups excluding carboxylic acids is 1. The molecular formula is C19H17NO2. The van der Waals surface area contributed by atoms with E-state index in [1.807, 2.05) is 49.4 Å². The van der Waals surface area contributed by atoms with Crippen LogP contribution in [-0.2, 0) is 16.1 Å². The summed E-state index contributed by atoms with van der Waals surface area (Å²) in [5, 5.41) is 9.14. The predicted molar refractivity (Wildman–Crippen MR) is 85.8 cm³/mol. The highest BCUT2D eigenvalue weighted by molar-refractivity contribution is 5.81. The van der Waals surface area contributed by atoms with Crippen molar-refractivity contribution in [2.75, 3.05) is 0 Å². The molecule has 0 aromatic heterocycles. The molecule has 0 bridgehead atoms. The summed E-state index contributed by atoms with van der Waals surface area (Å²) in [6, 6.07) is 17.3. The molecule has 0 spiro atoms. The fourth-order valence-electron chi connectivity index (χ4n) is 2.03. The molecule has 0 aliphatic heterocycles. The van der Waals surface area contributed by atoms with Crippen LogP contribution in [0.15, 0.2) is 60.7 Å². The number of nitriles is 1. The van der Waals surface area contributed by atoms with E-state index in [0.29, 0.717) is 5.56 Å². The standard InChI is InChI=1S/C19H17NO2/c1-2-3-8-19(21)22-14-15-9-11-16(12-10-15)18-7-5-4-6-17(18)13-20/h3-12H,2,14H2,1H3/b8-3+. The van der Waals surface area contributed by atoms with Gasteiger partial charge in [0.25, 0.3) is 0 Å². The molecule has 0 radical (unpaired) electrons. The van der Waals surface area contributed by atoms with Crippen molar-refractivity contribution >= 4 is 5.97 Å². The number of allylic oxidation sites excluding steroid dienone is 1. The fourth-order valence-corrected chi connectivity index (χ4v) is 2.03. The summed E-state index contributed by atoms with van der Waals surface area (Å²) < 4.78 is 5.14. The van der Waals surface area contributed by atoms with Gasteiger partial charge in [0, 0.05) is 6.08 Å². The number of rotatable bonds is 5. The van der Waals surface area contributed by atoms with Crippen molar-refractivity contribution in [3.8, 4) is 17.2 Å². The van der Waals surface area contributed by atoms with Gasteiger partial charge in [0.2, 0.25) is 0 Å². The van der Waals surface area contributed by atoms with Crippen LogP contribution in [0.3, 0.4) is 0 Å². The van der Waals surface area contributed by atoms with E-state index < -0.39 is 0 Å². The maximum Gasteiger partial charge on any atom is 0.330 e. The van der Waals surface area contributed by atoms with E-state index in [-0.39, 0.29) is 12.6 Å². The minimum absolute atomic E-state index is 0.243. The first-order valence-electron chi connectivity index (χ1n) is 7.16. The van der Waals surface area contributed by atoms with E-state index >= 15 is 0 Å². The van der Waals surface area contributed by atoms with Gasteiger partial charge < -0.3 is 4.74 Å². The Morgan fingerprint density at radius 2 is 1.91 bits per heavy atom. The second-order valence-electron chi connectivity index (χ2n) is 4.77. The molecule has 0 saturated carbocycles. The lowest BCUT2D eigenvalue weighted by atomic mass is 9.99. The van der Waals surface area contributed by atoms with E-state index in [0.717, 1.165) is 23.1 Å². The number of esters is 1. The molecule has 0 N–H and O–H groups in total. The van der Waals surface area contributed by atoms with Gasteiger partial charge in [-0.3, -0.25) is 0 Å². The predicted octanol–water partition coefficient (Wildman–Crippen LogP) is 4.23. The maximum absolute atomic E-state index is 11.4. The van der Waals surface area contributed by atoms with Gasteiger partial charge in [-0.25, -0.2) is 4.79 Å². The summed E-state index contributed by atoms with van der Waals surface area (Å²) in [5.41, 5.74) is 3.43. The van der Waals surface area contributed by atoms with Gasteiger partial charge in [-0.05, 0) is 29.2 Å². The van der Waals surface area contributed by atoms with Crippen molar-refractivity contribution in [2.24, 2.45) is 0 Å². The van der Waals surface area contributed by atoms with Crippen LogP contribution in [0.5, 0.6) is 0 Å². The van der Waals surface area contributed by atoms with Gasteiger partial charge >= 0.3 is 5.97 Å². The van der Waals surface area contributed by atoms with Crippen LogP contribution in [0, 0.1) is 11.3 Å². The number of hydrogen-bond acceptors (Lipinski definition) is 3. The molecule has 0 fully saturated rings. The summed E-state index contributed by atoms with van der Waals surface area (Å²) in [6.07, 6.45) is 4.02. The number of nitrogens with zero attached hydrogens (tertiary/aromatic N) is 1. The summed E-state index contributed by atoms with van der Waals surface area (Å²) in [6.45, 7) is 2.20. The maximum atomic E-state index is 11.4. The molecule has 0 aliphatic carbocycles. The minimum atomic E-state index is -0.333. The molecule has 22 heavy (non-hydrogen) atoms. The summed E-state index contributed by atoms with van der Waals surface area (Å²) in [7, 11) is 0. The van der Waals surface area contributed by atoms with Crippen molar-refractivity contribution < 1.29 is 9.53 Å². The molecule has 2 rings (SSSR count). The van der Waals surface area contributed by atoms with Crippen LogP contribution in [0.4, 0.5) is 0 Å². The van der Waals surface area contributed by atoms with Crippen molar-refractivity contribution in [2.45, 2.75) is 20.0 Å². The molecule has 3 nitrogen and oxygen atoms in total. The summed E-state index contributed by atoms with van der Waals surface area (Å²) in [4.78, 5) is 11.4. The van der Waals surface area contributed by atoms with E-state index in [1.54, 1.807) is 12.1 Å². The molecule has 0 unspecified atom stereocenters. The van der Waals surface area contributed by atoms with Crippen molar-refractivity contribution in [1.29, 1.82) is 5.26 Å². The lowest BCUT2D eigenvalue weighted by Crippen LogP contribution is -2.00. The Balaban J connectivity index is 2.06. The number of carbonyl (C=O) groups is 1. The second-order valence-corrected chi connectivity index (χ2v) is 4.77. The minimum Gasteiger partial charge on any atom is -0.458 e. The molecule has 2 aromatic carbocycles. The highest BCUT2D eigenvalue weighted by atomic mass is 16.5. The van der Waals surface area contributed by atoms with Crippen LogP contribution in [0.1, 0.15) is 24.5 Å². The van der Waals surface area contributed by atoms with Crippen molar-refractivity contribution in [3.05, 3.63) is 71.8 Å². The zero-order chi connectivity index (χ0) is 15.8. The largest absolute Gasteiger partial charge is 0.458 e. The van der Waals surface area contributed by atoms with Gasteiger partial charge in [-0.1, -0.05) is 55.5 Å². The van der Waals surface area contributed by atoms with Gasteiger partial charge in [-0.15, -0.1) is 0 Å².